The molecule has 1 saturated heterocycles. The first-order valence-corrected chi connectivity index (χ1v) is 10.5. The van der Waals surface area contributed by atoms with Gasteiger partial charge in [-0.2, -0.15) is 0 Å². The maximum atomic E-state index is 12.8. The summed E-state index contributed by atoms with van der Waals surface area (Å²) in [6.45, 7) is 2.53. The van der Waals surface area contributed by atoms with Gasteiger partial charge in [0, 0.05) is 38.0 Å². The van der Waals surface area contributed by atoms with Gasteiger partial charge in [0.1, 0.15) is 11.8 Å². The summed E-state index contributed by atoms with van der Waals surface area (Å²) in [5.74, 6) is 0.172. The molecule has 1 heterocycles. The van der Waals surface area contributed by atoms with Crippen LogP contribution in [0.2, 0.25) is 0 Å². The Kier molecular flexibility index (Phi) is 7.65. The molecule has 1 aliphatic heterocycles. The highest BCUT2D eigenvalue weighted by Gasteiger charge is 2.27. The maximum Gasteiger partial charge on any atom is 0.253 e. The van der Waals surface area contributed by atoms with Crippen molar-refractivity contribution in [3.63, 3.8) is 0 Å². The van der Waals surface area contributed by atoms with Crippen LogP contribution in [-0.2, 0) is 16.0 Å². The third-order valence-corrected chi connectivity index (χ3v) is 5.42. The van der Waals surface area contributed by atoms with Gasteiger partial charge in [0.2, 0.25) is 11.8 Å². The number of nitrogens with one attached hydrogen (secondary N) is 2. The Hall–Kier alpha value is -3.35. The molecule has 2 aromatic carbocycles. The van der Waals surface area contributed by atoms with Gasteiger partial charge in [-0.1, -0.05) is 36.4 Å². The lowest BCUT2D eigenvalue weighted by molar-refractivity contribution is -0.128. The number of amides is 3. The topological polar surface area (TPSA) is 87.7 Å². The Balaban J connectivity index is 1.55. The first-order valence-electron chi connectivity index (χ1n) is 10.5. The van der Waals surface area contributed by atoms with Crippen molar-refractivity contribution in [2.45, 2.75) is 38.3 Å². The van der Waals surface area contributed by atoms with E-state index in [1.165, 1.54) is 6.92 Å². The van der Waals surface area contributed by atoms with E-state index in [2.05, 4.69) is 10.6 Å². The average Bonchev–Trinajstić information content (AvgIpc) is 2.79. The standard InChI is InChI=1S/C24H29N3O4/c1-17(28)25-22(15-18-7-4-3-5-8-18)23(29)26-20-11-13-27(14-12-20)24(30)19-9-6-10-21(16-19)31-2/h3-10,16,20,22H,11-15H2,1-2H3,(H,25,28)(H,26,29)/t22-/m1/s1. The molecule has 0 aliphatic carbocycles. The fraction of sp³-hybridized carbons (Fsp3) is 0.375. The Morgan fingerprint density at radius 1 is 1.06 bits per heavy atom. The molecular formula is C24H29N3O4. The summed E-state index contributed by atoms with van der Waals surface area (Å²) in [6.07, 6.45) is 1.76. The first-order chi connectivity index (χ1) is 15.0. The molecule has 0 spiro atoms. The third-order valence-electron chi connectivity index (χ3n) is 5.42. The number of likely N-dealkylation sites (tertiary alicyclic amines) is 1. The number of nitrogens with zero attached hydrogens (tertiary/aromatic N) is 1. The summed E-state index contributed by atoms with van der Waals surface area (Å²) in [7, 11) is 1.57. The highest BCUT2D eigenvalue weighted by atomic mass is 16.5. The van der Waals surface area contributed by atoms with Gasteiger partial charge in [-0.05, 0) is 36.6 Å². The summed E-state index contributed by atoms with van der Waals surface area (Å²) < 4.78 is 5.20. The smallest absolute Gasteiger partial charge is 0.253 e. The van der Waals surface area contributed by atoms with Crippen LogP contribution in [0.1, 0.15) is 35.7 Å². The van der Waals surface area contributed by atoms with E-state index in [9.17, 15) is 14.4 Å². The van der Waals surface area contributed by atoms with Crippen LogP contribution in [0.4, 0.5) is 0 Å². The Morgan fingerprint density at radius 3 is 2.42 bits per heavy atom. The van der Waals surface area contributed by atoms with Crippen LogP contribution in [0.25, 0.3) is 0 Å². The van der Waals surface area contributed by atoms with Crippen LogP contribution >= 0.6 is 0 Å². The minimum Gasteiger partial charge on any atom is -0.497 e. The predicted molar refractivity (Wildman–Crippen MR) is 118 cm³/mol. The lowest BCUT2D eigenvalue weighted by Crippen LogP contribution is -2.53. The Bertz CT molecular complexity index is 908. The normalized spacial score (nSPS) is 15.1. The fourth-order valence-electron chi connectivity index (χ4n) is 3.77. The minimum atomic E-state index is -0.628. The molecule has 0 bridgehead atoms. The number of benzene rings is 2. The average molecular weight is 424 g/mol. The van der Waals surface area contributed by atoms with Crippen molar-refractivity contribution < 1.29 is 19.1 Å². The van der Waals surface area contributed by atoms with E-state index < -0.39 is 6.04 Å². The number of hydrogen-bond donors (Lipinski definition) is 2. The lowest BCUT2D eigenvalue weighted by atomic mass is 10.0. The van der Waals surface area contributed by atoms with Crippen molar-refractivity contribution in [3.8, 4) is 5.75 Å². The second-order valence-corrected chi connectivity index (χ2v) is 7.75. The van der Waals surface area contributed by atoms with Crippen LogP contribution in [0.15, 0.2) is 54.6 Å². The zero-order valence-electron chi connectivity index (χ0n) is 18.0. The van der Waals surface area contributed by atoms with Crippen LogP contribution in [0.3, 0.4) is 0 Å². The Labute approximate surface area is 182 Å². The number of hydrogen-bond acceptors (Lipinski definition) is 4. The van der Waals surface area contributed by atoms with Crippen molar-refractivity contribution in [2.24, 2.45) is 0 Å². The van der Waals surface area contributed by atoms with E-state index in [0.29, 0.717) is 43.7 Å². The summed E-state index contributed by atoms with van der Waals surface area (Å²) in [6, 6.07) is 16.1. The van der Waals surface area contributed by atoms with Crippen molar-refractivity contribution in [2.75, 3.05) is 20.2 Å². The van der Waals surface area contributed by atoms with E-state index in [1.54, 1.807) is 36.3 Å². The molecule has 7 heteroatoms. The largest absolute Gasteiger partial charge is 0.497 e. The molecule has 0 radical (unpaired) electrons. The highest BCUT2D eigenvalue weighted by molar-refractivity contribution is 5.94. The van der Waals surface area contributed by atoms with Gasteiger partial charge in [-0.15, -0.1) is 0 Å². The van der Waals surface area contributed by atoms with Crippen molar-refractivity contribution >= 4 is 17.7 Å². The molecule has 2 N–H and O–H groups in total. The van der Waals surface area contributed by atoms with Crippen LogP contribution < -0.4 is 15.4 Å². The maximum absolute atomic E-state index is 12.8. The van der Waals surface area contributed by atoms with E-state index in [0.717, 1.165) is 5.56 Å². The van der Waals surface area contributed by atoms with Crippen LogP contribution in [0, 0.1) is 0 Å². The van der Waals surface area contributed by atoms with Crippen molar-refractivity contribution in [1.29, 1.82) is 0 Å². The van der Waals surface area contributed by atoms with Crippen molar-refractivity contribution in [3.05, 3.63) is 65.7 Å². The van der Waals surface area contributed by atoms with E-state index >= 15 is 0 Å². The summed E-state index contributed by atoms with van der Waals surface area (Å²) in [5.41, 5.74) is 1.57. The molecule has 164 valence electrons. The van der Waals surface area contributed by atoms with Gasteiger partial charge in [0.25, 0.3) is 5.91 Å². The summed E-state index contributed by atoms with van der Waals surface area (Å²) in [4.78, 5) is 39.0. The molecule has 3 rings (SSSR count). The molecule has 1 fully saturated rings. The predicted octanol–water partition coefficient (Wildman–Crippen LogP) is 2.16. The molecule has 31 heavy (non-hydrogen) atoms. The first kappa shape index (κ1) is 22.3. The molecule has 0 saturated carbocycles. The molecule has 3 amide bonds. The highest BCUT2D eigenvalue weighted by Crippen LogP contribution is 2.18. The monoisotopic (exact) mass is 423 g/mol. The molecule has 0 unspecified atom stereocenters. The van der Waals surface area contributed by atoms with Gasteiger partial charge in [0.15, 0.2) is 0 Å². The van der Waals surface area contributed by atoms with Crippen LogP contribution in [0.5, 0.6) is 5.75 Å². The number of carbonyl (C=O) groups is 3. The van der Waals surface area contributed by atoms with Gasteiger partial charge in [0.05, 0.1) is 7.11 Å². The Morgan fingerprint density at radius 2 is 1.77 bits per heavy atom. The number of ether oxygens (including phenoxy) is 1. The van der Waals surface area contributed by atoms with Gasteiger partial charge < -0.3 is 20.3 Å². The number of piperidine rings is 1. The second kappa shape index (κ2) is 10.6. The fourth-order valence-corrected chi connectivity index (χ4v) is 3.77. The van der Waals surface area contributed by atoms with Crippen molar-refractivity contribution in [1.82, 2.24) is 15.5 Å². The third kappa shape index (κ3) is 6.31. The quantitative estimate of drug-likeness (QED) is 0.715. The van der Waals surface area contributed by atoms with Gasteiger partial charge in [-0.3, -0.25) is 14.4 Å². The zero-order chi connectivity index (χ0) is 22.2. The van der Waals surface area contributed by atoms with Gasteiger partial charge >= 0.3 is 0 Å². The van der Waals surface area contributed by atoms with E-state index in [1.807, 2.05) is 30.3 Å². The zero-order valence-corrected chi connectivity index (χ0v) is 18.0. The minimum absolute atomic E-state index is 0.0334. The number of rotatable bonds is 7. The molecule has 1 atom stereocenters. The molecule has 1 aliphatic rings. The SMILES string of the molecule is COc1cccc(C(=O)N2CCC(NC(=O)[C@@H](Cc3ccccc3)NC(C)=O)CC2)c1. The number of methoxy groups -OCH3 is 1. The second-order valence-electron chi connectivity index (χ2n) is 7.75. The molecule has 2 aromatic rings. The van der Waals surface area contributed by atoms with E-state index in [-0.39, 0.29) is 23.8 Å². The summed E-state index contributed by atoms with van der Waals surface area (Å²) in [5, 5.41) is 5.80. The van der Waals surface area contributed by atoms with Crippen LogP contribution in [-0.4, -0.2) is 54.9 Å². The molecular weight excluding hydrogens is 394 g/mol. The number of carbonyl (C=O) groups excluding carboxylic acids is 3. The van der Waals surface area contributed by atoms with E-state index in [4.69, 9.17) is 4.74 Å². The summed E-state index contributed by atoms with van der Waals surface area (Å²) >= 11 is 0. The molecule has 7 nitrogen and oxygen atoms in total. The van der Waals surface area contributed by atoms with Gasteiger partial charge in [-0.25, -0.2) is 0 Å². The lowest BCUT2D eigenvalue weighted by Gasteiger charge is -2.33. The molecule has 0 aromatic heterocycles.